The molecule has 3 aliphatic rings. The van der Waals surface area contributed by atoms with Crippen LogP contribution in [0.2, 0.25) is 0 Å². The highest BCUT2D eigenvalue weighted by Crippen LogP contribution is 2.46. The summed E-state index contributed by atoms with van der Waals surface area (Å²) >= 11 is 0. The fraction of sp³-hybridized carbons (Fsp3) is 0.375. The molecular formula is C32H32F4N6O3. The van der Waals surface area contributed by atoms with Crippen molar-refractivity contribution in [3.8, 4) is 11.5 Å². The van der Waals surface area contributed by atoms with Gasteiger partial charge >= 0.3 is 12.2 Å². The summed E-state index contributed by atoms with van der Waals surface area (Å²) in [7, 11) is 0. The minimum absolute atomic E-state index is 0.0297. The molecule has 13 heteroatoms. The molecule has 1 saturated heterocycles. The summed E-state index contributed by atoms with van der Waals surface area (Å²) in [4.78, 5) is 23.8. The molecule has 4 N–H and O–H groups in total. The van der Waals surface area contributed by atoms with Crippen molar-refractivity contribution in [3.05, 3.63) is 82.4 Å². The van der Waals surface area contributed by atoms with E-state index in [-0.39, 0.29) is 30.1 Å². The number of benzene rings is 2. The largest absolute Gasteiger partial charge is 0.453 e. The summed E-state index contributed by atoms with van der Waals surface area (Å²) < 4.78 is 62.9. The Morgan fingerprint density at radius 1 is 1.07 bits per heavy atom. The molecule has 1 saturated carbocycles. The van der Waals surface area contributed by atoms with Gasteiger partial charge in [-0.1, -0.05) is 12.1 Å². The third-order valence-corrected chi connectivity index (χ3v) is 8.76. The van der Waals surface area contributed by atoms with Crippen LogP contribution in [0.25, 0.3) is 11.0 Å². The quantitative estimate of drug-likeness (QED) is 0.212. The Balaban J connectivity index is 1.06. The molecule has 4 aromatic rings. The predicted octanol–water partition coefficient (Wildman–Crippen LogP) is 5.49. The maximum atomic E-state index is 14.9. The average molecular weight is 625 g/mol. The number of carbonyl (C=O) groups is 1. The number of piperazine rings is 1. The average Bonchev–Trinajstić information content (AvgIpc) is 3.62. The van der Waals surface area contributed by atoms with Gasteiger partial charge in [0.05, 0.1) is 17.1 Å². The molecule has 2 aromatic carbocycles. The van der Waals surface area contributed by atoms with Crippen molar-refractivity contribution in [1.82, 2.24) is 25.1 Å². The maximum absolute atomic E-state index is 14.9. The number of H-pyrrole nitrogens is 1. The maximum Gasteiger partial charge on any atom is 0.416 e. The van der Waals surface area contributed by atoms with E-state index >= 15 is 0 Å². The van der Waals surface area contributed by atoms with E-state index in [1.165, 1.54) is 17.0 Å². The molecule has 4 heterocycles. The summed E-state index contributed by atoms with van der Waals surface area (Å²) in [5.41, 5.74) is 1.25. The molecule has 0 unspecified atom stereocenters. The first kappa shape index (κ1) is 29.5. The SMILES string of the molecule is O=C(Nc1ccc(CN2CCNCC2)c(C(F)(F)F)c1)N1CCc2ccc(Oc3c(F)cnc4[nH]c(C5(O)CC5)cc34)cc2C1. The Hall–Kier alpha value is -4.20. The van der Waals surface area contributed by atoms with Gasteiger partial charge in [0, 0.05) is 57.2 Å². The number of carbonyl (C=O) groups excluding carboxylic acids is 1. The van der Waals surface area contributed by atoms with Gasteiger partial charge < -0.3 is 30.4 Å². The highest BCUT2D eigenvalue weighted by Gasteiger charge is 2.44. The number of halogens is 4. The monoisotopic (exact) mass is 624 g/mol. The van der Waals surface area contributed by atoms with Crippen LogP contribution >= 0.6 is 0 Å². The molecule has 1 aliphatic carbocycles. The molecular weight excluding hydrogens is 592 g/mol. The summed E-state index contributed by atoms with van der Waals surface area (Å²) in [6, 6.07) is 10.4. The number of aromatic amines is 1. The lowest BCUT2D eigenvalue weighted by atomic mass is 9.99. The number of hydrogen-bond donors (Lipinski definition) is 4. The second kappa shape index (κ2) is 11.3. The first-order valence-corrected chi connectivity index (χ1v) is 14.9. The van der Waals surface area contributed by atoms with Gasteiger partial charge in [0.15, 0.2) is 11.6 Å². The molecule has 2 aliphatic heterocycles. The number of aliphatic hydroxyl groups is 1. The van der Waals surface area contributed by atoms with E-state index in [0.29, 0.717) is 61.4 Å². The Bertz CT molecular complexity index is 1760. The van der Waals surface area contributed by atoms with Crippen LogP contribution in [0, 0.1) is 5.82 Å². The molecule has 236 valence electrons. The summed E-state index contributed by atoms with van der Waals surface area (Å²) in [6.45, 7) is 3.54. The van der Waals surface area contributed by atoms with Crippen LogP contribution in [-0.4, -0.2) is 63.6 Å². The van der Waals surface area contributed by atoms with E-state index in [2.05, 4.69) is 20.6 Å². The number of hydrogen-bond acceptors (Lipinski definition) is 6. The van der Waals surface area contributed by atoms with Crippen LogP contribution in [0.4, 0.5) is 28.0 Å². The van der Waals surface area contributed by atoms with Crippen LogP contribution in [0.15, 0.2) is 48.7 Å². The molecule has 2 aromatic heterocycles. The zero-order valence-electron chi connectivity index (χ0n) is 24.3. The van der Waals surface area contributed by atoms with E-state index in [4.69, 9.17) is 4.74 Å². The molecule has 2 fully saturated rings. The number of amides is 2. The van der Waals surface area contributed by atoms with Crippen molar-refractivity contribution in [1.29, 1.82) is 0 Å². The van der Waals surface area contributed by atoms with Gasteiger partial charge in [-0.05, 0) is 66.3 Å². The second-order valence-corrected chi connectivity index (χ2v) is 11.9. The summed E-state index contributed by atoms with van der Waals surface area (Å²) in [5, 5.41) is 16.7. The highest BCUT2D eigenvalue weighted by atomic mass is 19.4. The topological polar surface area (TPSA) is 106 Å². The van der Waals surface area contributed by atoms with Crippen molar-refractivity contribution in [2.24, 2.45) is 0 Å². The fourth-order valence-electron chi connectivity index (χ4n) is 6.03. The molecule has 2 amide bonds. The number of aromatic nitrogens is 2. The molecule has 45 heavy (non-hydrogen) atoms. The predicted molar refractivity (Wildman–Crippen MR) is 158 cm³/mol. The Morgan fingerprint density at radius 3 is 2.62 bits per heavy atom. The van der Waals surface area contributed by atoms with Crippen molar-refractivity contribution in [2.45, 2.75) is 44.1 Å². The van der Waals surface area contributed by atoms with E-state index in [0.717, 1.165) is 36.5 Å². The smallest absolute Gasteiger partial charge is 0.416 e. The van der Waals surface area contributed by atoms with Crippen LogP contribution in [-0.2, 0) is 31.3 Å². The van der Waals surface area contributed by atoms with E-state index in [1.54, 1.807) is 18.2 Å². The van der Waals surface area contributed by atoms with Gasteiger partial charge in [0.1, 0.15) is 17.0 Å². The highest BCUT2D eigenvalue weighted by molar-refractivity contribution is 5.89. The summed E-state index contributed by atoms with van der Waals surface area (Å²) in [6.07, 6.45) is -1.75. The first-order valence-electron chi connectivity index (χ1n) is 14.9. The standard InChI is InChI=1S/C32H32F4N6O3/c33-26-16-38-29-24(15-27(40-29)31(44)6-7-31)28(26)45-23-4-2-19-5-10-42(18-21(19)13-23)30(43)39-22-3-1-20(25(14-22)32(34,35)36)17-41-11-8-37-9-12-41/h1-4,13-16,37,44H,5-12,17-18H2,(H,38,40)(H,39,43). The van der Waals surface area contributed by atoms with E-state index in [9.17, 15) is 27.5 Å². The molecule has 9 nitrogen and oxygen atoms in total. The number of alkyl halides is 3. The van der Waals surface area contributed by atoms with Crippen LogP contribution in [0.3, 0.4) is 0 Å². The molecule has 0 atom stereocenters. The first-order chi connectivity index (χ1) is 21.6. The fourth-order valence-corrected chi connectivity index (χ4v) is 6.03. The molecule has 0 bridgehead atoms. The minimum atomic E-state index is -4.57. The van der Waals surface area contributed by atoms with Gasteiger partial charge in [-0.15, -0.1) is 0 Å². The van der Waals surface area contributed by atoms with Gasteiger partial charge in [-0.3, -0.25) is 4.90 Å². The molecule has 0 radical (unpaired) electrons. The number of rotatable bonds is 6. The number of anilines is 1. The van der Waals surface area contributed by atoms with Gasteiger partial charge in [-0.25, -0.2) is 14.2 Å². The number of ether oxygens (including phenoxy) is 1. The normalized spacial score (nSPS) is 18.1. The lowest BCUT2D eigenvalue weighted by molar-refractivity contribution is -0.138. The van der Waals surface area contributed by atoms with Crippen LogP contribution in [0.1, 0.15) is 40.8 Å². The van der Waals surface area contributed by atoms with Crippen LogP contribution < -0.4 is 15.4 Å². The van der Waals surface area contributed by atoms with Gasteiger partial charge in [-0.2, -0.15) is 13.2 Å². The third kappa shape index (κ3) is 6.07. The Kier molecular flexibility index (Phi) is 7.41. The lowest BCUT2D eigenvalue weighted by Crippen LogP contribution is -2.43. The number of pyridine rings is 1. The van der Waals surface area contributed by atoms with Crippen molar-refractivity contribution < 1.29 is 32.2 Å². The van der Waals surface area contributed by atoms with E-state index in [1.807, 2.05) is 11.0 Å². The summed E-state index contributed by atoms with van der Waals surface area (Å²) in [5.74, 6) is -0.338. The minimum Gasteiger partial charge on any atom is -0.453 e. The van der Waals surface area contributed by atoms with E-state index < -0.39 is 29.2 Å². The Morgan fingerprint density at radius 2 is 1.87 bits per heavy atom. The number of nitrogens with one attached hydrogen (secondary N) is 3. The van der Waals surface area contributed by atoms with Crippen molar-refractivity contribution in [2.75, 3.05) is 38.0 Å². The van der Waals surface area contributed by atoms with Crippen molar-refractivity contribution >= 4 is 22.8 Å². The van der Waals surface area contributed by atoms with Gasteiger partial charge in [0.2, 0.25) is 0 Å². The van der Waals surface area contributed by atoms with Crippen molar-refractivity contribution in [3.63, 3.8) is 0 Å². The molecule has 7 rings (SSSR count). The Labute approximate surface area is 256 Å². The second-order valence-electron chi connectivity index (χ2n) is 11.9. The zero-order chi connectivity index (χ0) is 31.3. The third-order valence-electron chi connectivity index (χ3n) is 8.76. The number of fused-ring (bicyclic) bond motifs is 2. The van der Waals surface area contributed by atoms with Gasteiger partial charge in [0.25, 0.3) is 0 Å². The zero-order valence-corrected chi connectivity index (χ0v) is 24.3. The lowest BCUT2D eigenvalue weighted by Gasteiger charge is -2.30. The number of urea groups is 1. The van der Waals surface area contributed by atoms with Crippen LogP contribution in [0.5, 0.6) is 11.5 Å². The molecule has 0 spiro atoms. The number of nitrogens with zero attached hydrogens (tertiary/aromatic N) is 3.